The predicted molar refractivity (Wildman–Crippen MR) is 105 cm³/mol. The number of rotatable bonds is 8. The molecule has 0 aliphatic heterocycles. The van der Waals surface area contributed by atoms with Crippen LogP contribution in [0.4, 0.5) is 5.69 Å². The number of nitrogens with one attached hydrogen (secondary N) is 1. The number of benzene rings is 2. The van der Waals surface area contributed by atoms with Gasteiger partial charge in [0.25, 0.3) is 5.91 Å². The number of carbonyl (C=O) groups excluding carboxylic acids is 3. The highest BCUT2D eigenvalue weighted by Crippen LogP contribution is 2.35. The summed E-state index contributed by atoms with van der Waals surface area (Å²) in [6.07, 6.45) is -1.10. The van der Waals surface area contributed by atoms with Crippen LogP contribution in [0.25, 0.3) is 0 Å². The largest absolute Gasteiger partial charge is 0.496 e. The molecule has 0 aromatic heterocycles. The number of nitrogens with two attached hydrogens (primary N) is 1. The highest BCUT2D eigenvalue weighted by Gasteiger charge is 2.24. The van der Waals surface area contributed by atoms with Crippen LogP contribution in [-0.2, 0) is 9.53 Å². The smallest absolute Gasteiger partial charge is 0.342 e. The molecule has 2 amide bonds. The van der Waals surface area contributed by atoms with Gasteiger partial charge in [-0.1, -0.05) is 0 Å². The molecule has 9 heteroatoms. The van der Waals surface area contributed by atoms with E-state index in [-0.39, 0.29) is 11.3 Å². The van der Waals surface area contributed by atoms with Crippen molar-refractivity contribution in [3.05, 3.63) is 47.5 Å². The summed E-state index contributed by atoms with van der Waals surface area (Å²) < 4.78 is 20.8. The van der Waals surface area contributed by atoms with Crippen molar-refractivity contribution in [2.24, 2.45) is 5.73 Å². The van der Waals surface area contributed by atoms with Crippen LogP contribution >= 0.6 is 0 Å². The van der Waals surface area contributed by atoms with Gasteiger partial charge in [-0.05, 0) is 31.2 Å². The van der Waals surface area contributed by atoms with Gasteiger partial charge < -0.3 is 30.0 Å². The first-order chi connectivity index (χ1) is 13.8. The van der Waals surface area contributed by atoms with Crippen molar-refractivity contribution in [2.75, 3.05) is 26.6 Å². The topological polar surface area (TPSA) is 126 Å². The molecule has 0 spiro atoms. The van der Waals surface area contributed by atoms with E-state index in [4.69, 9.17) is 24.7 Å². The molecule has 2 aromatic carbocycles. The highest BCUT2D eigenvalue weighted by atomic mass is 16.6. The Labute approximate surface area is 167 Å². The molecule has 9 nitrogen and oxygen atoms in total. The number of amides is 2. The SMILES string of the molecule is COc1cc(OC)c(C(=O)O[C@H](C)C(=O)Nc2ccc(C(N)=O)cc2)cc1OC. The van der Waals surface area contributed by atoms with E-state index in [1.807, 2.05) is 0 Å². The second-order valence-electron chi connectivity index (χ2n) is 5.89. The van der Waals surface area contributed by atoms with E-state index in [2.05, 4.69) is 5.32 Å². The second-order valence-corrected chi connectivity index (χ2v) is 5.89. The maximum absolute atomic E-state index is 12.5. The zero-order chi connectivity index (χ0) is 21.6. The summed E-state index contributed by atoms with van der Waals surface area (Å²) in [7, 11) is 4.28. The minimum Gasteiger partial charge on any atom is -0.496 e. The molecule has 0 unspecified atom stereocenters. The molecule has 2 rings (SSSR count). The Bertz CT molecular complexity index is 910. The van der Waals surface area contributed by atoms with E-state index in [1.54, 1.807) is 0 Å². The van der Waals surface area contributed by atoms with Crippen LogP contribution in [0.3, 0.4) is 0 Å². The van der Waals surface area contributed by atoms with E-state index in [9.17, 15) is 14.4 Å². The molecule has 0 saturated carbocycles. The van der Waals surface area contributed by atoms with Crippen LogP contribution in [0, 0.1) is 0 Å². The first-order valence-corrected chi connectivity index (χ1v) is 8.52. The summed E-state index contributed by atoms with van der Waals surface area (Å²) in [6, 6.07) is 8.88. The molecule has 0 saturated heterocycles. The normalized spacial score (nSPS) is 11.2. The fourth-order valence-corrected chi connectivity index (χ4v) is 2.43. The molecule has 1 atom stereocenters. The maximum Gasteiger partial charge on any atom is 0.342 e. The van der Waals surface area contributed by atoms with Gasteiger partial charge in [0, 0.05) is 23.4 Å². The Balaban J connectivity index is 2.11. The Kier molecular flexibility index (Phi) is 7.02. The summed E-state index contributed by atoms with van der Waals surface area (Å²) in [5, 5.41) is 2.59. The molecule has 29 heavy (non-hydrogen) atoms. The zero-order valence-electron chi connectivity index (χ0n) is 16.5. The van der Waals surface area contributed by atoms with Crippen LogP contribution in [0.15, 0.2) is 36.4 Å². The van der Waals surface area contributed by atoms with Crippen LogP contribution in [0.5, 0.6) is 17.2 Å². The first-order valence-electron chi connectivity index (χ1n) is 8.52. The van der Waals surface area contributed by atoms with E-state index in [1.165, 1.54) is 64.7 Å². The van der Waals surface area contributed by atoms with Gasteiger partial charge in [-0.3, -0.25) is 9.59 Å². The summed E-state index contributed by atoms with van der Waals surface area (Å²) in [5.74, 6) is -0.992. The molecule has 0 heterocycles. The van der Waals surface area contributed by atoms with Crippen LogP contribution in [-0.4, -0.2) is 45.2 Å². The van der Waals surface area contributed by atoms with Crippen molar-refractivity contribution < 1.29 is 33.3 Å². The Morgan fingerprint density at radius 1 is 0.897 bits per heavy atom. The lowest BCUT2D eigenvalue weighted by Gasteiger charge is -2.16. The number of esters is 1. The molecule has 0 bridgehead atoms. The van der Waals surface area contributed by atoms with Gasteiger partial charge in [-0.15, -0.1) is 0 Å². The number of hydrogen-bond acceptors (Lipinski definition) is 7. The number of anilines is 1. The average Bonchev–Trinajstić information content (AvgIpc) is 2.72. The summed E-state index contributed by atoms with van der Waals surface area (Å²) in [5.41, 5.74) is 5.99. The van der Waals surface area contributed by atoms with Gasteiger partial charge in [-0.2, -0.15) is 0 Å². The predicted octanol–water partition coefficient (Wildman–Crippen LogP) is 2.00. The lowest BCUT2D eigenvalue weighted by Crippen LogP contribution is -2.30. The maximum atomic E-state index is 12.5. The number of carbonyl (C=O) groups is 3. The Hall–Kier alpha value is -3.75. The lowest BCUT2D eigenvalue weighted by molar-refractivity contribution is -0.123. The fourth-order valence-electron chi connectivity index (χ4n) is 2.43. The first kappa shape index (κ1) is 21.5. The Morgan fingerprint density at radius 3 is 1.97 bits per heavy atom. The molecular formula is C20H22N2O7. The summed E-state index contributed by atoms with van der Waals surface area (Å²) in [4.78, 5) is 36.0. The van der Waals surface area contributed by atoms with Gasteiger partial charge in [0.05, 0.1) is 21.3 Å². The fraction of sp³-hybridized carbons (Fsp3) is 0.250. The number of primary amides is 1. The molecule has 0 radical (unpaired) electrons. The minimum absolute atomic E-state index is 0.0793. The van der Waals surface area contributed by atoms with Crippen molar-refractivity contribution in [2.45, 2.75) is 13.0 Å². The van der Waals surface area contributed by atoms with Crippen molar-refractivity contribution in [3.8, 4) is 17.2 Å². The van der Waals surface area contributed by atoms with Crippen molar-refractivity contribution in [1.82, 2.24) is 0 Å². The molecule has 0 aliphatic rings. The third-order valence-corrected chi connectivity index (χ3v) is 4.02. The average molecular weight is 402 g/mol. The quantitative estimate of drug-likeness (QED) is 0.647. The molecule has 2 aromatic rings. The van der Waals surface area contributed by atoms with Gasteiger partial charge >= 0.3 is 5.97 Å². The third kappa shape index (κ3) is 5.16. The minimum atomic E-state index is -1.10. The lowest BCUT2D eigenvalue weighted by atomic mass is 10.1. The molecule has 0 aliphatic carbocycles. The summed E-state index contributed by atoms with van der Waals surface area (Å²) >= 11 is 0. The van der Waals surface area contributed by atoms with Crippen molar-refractivity contribution >= 4 is 23.5 Å². The second kappa shape index (κ2) is 9.45. The Morgan fingerprint density at radius 2 is 1.45 bits per heavy atom. The molecule has 0 fully saturated rings. The molecule has 3 N–H and O–H groups in total. The molecular weight excluding hydrogens is 380 g/mol. The van der Waals surface area contributed by atoms with Crippen molar-refractivity contribution in [1.29, 1.82) is 0 Å². The van der Waals surface area contributed by atoms with Crippen LogP contribution < -0.4 is 25.3 Å². The van der Waals surface area contributed by atoms with E-state index < -0.39 is 23.9 Å². The van der Waals surface area contributed by atoms with Gasteiger partial charge in [0.1, 0.15) is 11.3 Å². The van der Waals surface area contributed by atoms with Gasteiger partial charge in [0.2, 0.25) is 5.91 Å². The molecule has 154 valence electrons. The number of ether oxygens (including phenoxy) is 4. The van der Waals surface area contributed by atoms with E-state index >= 15 is 0 Å². The van der Waals surface area contributed by atoms with Crippen LogP contribution in [0.1, 0.15) is 27.6 Å². The van der Waals surface area contributed by atoms with Gasteiger partial charge in [0.15, 0.2) is 17.6 Å². The van der Waals surface area contributed by atoms with Crippen molar-refractivity contribution in [3.63, 3.8) is 0 Å². The monoisotopic (exact) mass is 402 g/mol. The van der Waals surface area contributed by atoms with E-state index in [0.717, 1.165) is 0 Å². The summed E-state index contributed by atoms with van der Waals surface area (Å²) in [6.45, 7) is 1.43. The van der Waals surface area contributed by atoms with E-state index in [0.29, 0.717) is 22.7 Å². The third-order valence-electron chi connectivity index (χ3n) is 4.02. The number of hydrogen-bond donors (Lipinski definition) is 2. The number of methoxy groups -OCH3 is 3. The van der Waals surface area contributed by atoms with Gasteiger partial charge in [-0.25, -0.2) is 4.79 Å². The highest BCUT2D eigenvalue weighted by molar-refractivity contribution is 5.99. The zero-order valence-corrected chi connectivity index (χ0v) is 16.5. The standard InChI is InChI=1S/C20H22N2O7/c1-11(19(24)22-13-7-5-12(6-8-13)18(21)23)29-20(25)14-9-16(27-3)17(28-4)10-15(14)26-2/h5-11H,1-4H3,(H2,21,23)(H,22,24)/t11-/m1/s1. The van der Waals surface area contributed by atoms with Crippen LogP contribution in [0.2, 0.25) is 0 Å².